The molecular formula is C18H15ClN2O. The molecular weight excluding hydrogens is 296 g/mol. The number of carbonyl (C=O) groups excluding carboxylic acids is 1. The van der Waals surface area contributed by atoms with Gasteiger partial charge < -0.3 is 5.32 Å². The summed E-state index contributed by atoms with van der Waals surface area (Å²) in [6.07, 6.45) is 2.77. The third-order valence-corrected chi connectivity index (χ3v) is 3.85. The molecule has 2 aromatic carbocycles. The lowest BCUT2D eigenvalue weighted by molar-refractivity contribution is -0.115. The van der Waals surface area contributed by atoms with Crippen LogP contribution in [0.3, 0.4) is 0 Å². The Bertz CT molecular complexity index is 776. The molecule has 3 nitrogen and oxygen atoms in total. The molecule has 0 fully saturated rings. The minimum Gasteiger partial charge on any atom is -0.305 e. The first-order valence-corrected chi connectivity index (χ1v) is 7.51. The fourth-order valence-electron chi connectivity index (χ4n) is 2.26. The number of amides is 1. The van der Waals surface area contributed by atoms with Crippen LogP contribution in [0.2, 0.25) is 5.02 Å². The molecule has 0 radical (unpaired) electrons. The maximum absolute atomic E-state index is 12.1. The van der Waals surface area contributed by atoms with E-state index >= 15 is 0 Å². The number of aryl methyl sites for hydroxylation is 1. The average Bonchev–Trinajstić information content (AvgIpc) is 2.89. The zero-order chi connectivity index (χ0) is 15.5. The molecule has 22 heavy (non-hydrogen) atoms. The van der Waals surface area contributed by atoms with Crippen LogP contribution in [-0.4, -0.2) is 11.7 Å². The summed E-state index contributed by atoms with van der Waals surface area (Å²) in [5.74, 6) is 0.279. The van der Waals surface area contributed by atoms with E-state index in [9.17, 15) is 4.79 Å². The number of amidine groups is 1. The highest BCUT2D eigenvalue weighted by atomic mass is 35.5. The van der Waals surface area contributed by atoms with Crippen molar-refractivity contribution in [2.75, 3.05) is 0 Å². The number of rotatable bonds is 3. The molecule has 0 saturated heterocycles. The molecule has 3 rings (SSSR count). The topological polar surface area (TPSA) is 41.5 Å². The third kappa shape index (κ3) is 2.95. The van der Waals surface area contributed by atoms with Gasteiger partial charge in [0.25, 0.3) is 5.91 Å². The maximum Gasteiger partial charge on any atom is 0.275 e. The van der Waals surface area contributed by atoms with Crippen molar-refractivity contribution in [1.29, 1.82) is 0 Å². The summed E-state index contributed by atoms with van der Waals surface area (Å²) in [7, 11) is 0. The van der Waals surface area contributed by atoms with E-state index in [2.05, 4.69) is 29.4 Å². The number of nitrogens with zero attached hydrogens (tertiary/aromatic N) is 1. The number of carbonyl (C=O) groups is 1. The molecule has 0 atom stereocenters. The highest BCUT2D eigenvalue weighted by molar-refractivity contribution is 6.35. The van der Waals surface area contributed by atoms with Gasteiger partial charge in [-0.1, -0.05) is 54.9 Å². The second-order valence-corrected chi connectivity index (χ2v) is 5.43. The van der Waals surface area contributed by atoms with Gasteiger partial charge in [-0.15, -0.1) is 0 Å². The molecule has 0 spiro atoms. The van der Waals surface area contributed by atoms with Gasteiger partial charge in [0.1, 0.15) is 11.5 Å². The van der Waals surface area contributed by atoms with Crippen LogP contribution >= 0.6 is 11.6 Å². The van der Waals surface area contributed by atoms with Crippen molar-refractivity contribution in [3.63, 3.8) is 0 Å². The van der Waals surface area contributed by atoms with Crippen molar-refractivity contribution < 1.29 is 4.79 Å². The second-order valence-electron chi connectivity index (χ2n) is 5.02. The molecule has 1 N–H and O–H groups in total. The van der Waals surface area contributed by atoms with Crippen molar-refractivity contribution in [3.05, 3.63) is 75.9 Å². The molecule has 110 valence electrons. The molecule has 2 aromatic rings. The van der Waals surface area contributed by atoms with Crippen molar-refractivity contribution >= 4 is 29.4 Å². The number of halogens is 1. The van der Waals surface area contributed by atoms with E-state index in [1.807, 2.05) is 30.3 Å². The van der Waals surface area contributed by atoms with Crippen LogP contribution in [0.4, 0.5) is 0 Å². The fourth-order valence-corrected chi connectivity index (χ4v) is 2.48. The average molecular weight is 311 g/mol. The summed E-state index contributed by atoms with van der Waals surface area (Å²) in [6.45, 7) is 2.11. The summed E-state index contributed by atoms with van der Waals surface area (Å²) >= 11 is 6.14. The van der Waals surface area contributed by atoms with Crippen LogP contribution < -0.4 is 5.32 Å². The quantitative estimate of drug-likeness (QED) is 0.860. The van der Waals surface area contributed by atoms with Crippen molar-refractivity contribution in [2.45, 2.75) is 13.3 Å². The molecule has 0 aromatic heterocycles. The smallest absolute Gasteiger partial charge is 0.275 e. The van der Waals surface area contributed by atoms with Crippen LogP contribution in [0.15, 0.2) is 59.2 Å². The molecule has 0 saturated carbocycles. The fraction of sp³-hybridized carbons (Fsp3) is 0.111. The monoisotopic (exact) mass is 310 g/mol. The first-order chi connectivity index (χ1) is 10.7. The van der Waals surface area contributed by atoms with Crippen molar-refractivity contribution in [2.24, 2.45) is 4.99 Å². The lowest BCUT2D eigenvalue weighted by Gasteiger charge is -2.01. The minimum atomic E-state index is -0.213. The molecule has 1 aliphatic heterocycles. The standard InChI is InChI=1S/C18H15ClN2O/c1-2-12-7-9-13(10-8-12)11-16-18(22)21-17(20-16)14-5-3-4-6-15(14)19/h3-11H,2H2,1H3,(H,20,21,22)/b16-11+. The summed E-state index contributed by atoms with van der Waals surface area (Å²) in [5.41, 5.74) is 3.33. The second kappa shape index (κ2) is 6.16. The van der Waals surface area contributed by atoms with Crippen molar-refractivity contribution in [3.8, 4) is 0 Å². The van der Waals surface area contributed by atoms with Crippen LogP contribution in [0.1, 0.15) is 23.6 Å². The van der Waals surface area contributed by atoms with Gasteiger partial charge in [0.05, 0.1) is 5.02 Å². The van der Waals surface area contributed by atoms with E-state index in [1.165, 1.54) is 5.56 Å². The molecule has 0 unspecified atom stereocenters. The molecule has 0 bridgehead atoms. The summed E-state index contributed by atoms with van der Waals surface area (Å²) in [4.78, 5) is 16.4. The van der Waals surface area contributed by atoms with Crippen molar-refractivity contribution in [1.82, 2.24) is 5.32 Å². The SMILES string of the molecule is CCc1ccc(/C=C2/N=C(c3ccccc3Cl)NC2=O)cc1. The molecule has 1 amide bonds. The Morgan fingerprint density at radius 2 is 1.86 bits per heavy atom. The highest BCUT2D eigenvalue weighted by Gasteiger charge is 2.22. The van der Waals surface area contributed by atoms with E-state index in [-0.39, 0.29) is 5.91 Å². The summed E-state index contributed by atoms with van der Waals surface area (Å²) < 4.78 is 0. The van der Waals surface area contributed by atoms with Crippen LogP contribution in [0.25, 0.3) is 6.08 Å². The van der Waals surface area contributed by atoms with E-state index in [1.54, 1.807) is 12.1 Å². The Kier molecular flexibility index (Phi) is 4.07. The van der Waals surface area contributed by atoms with Gasteiger partial charge in [-0.25, -0.2) is 4.99 Å². The largest absolute Gasteiger partial charge is 0.305 e. The third-order valence-electron chi connectivity index (χ3n) is 3.52. The molecule has 1 aliphatic rings. The van der Waals surface area contributed by atoms with Crippen LogP contribution in [-0.2, 0) is 11.2 Å². The number of aliphatic imine (C=N–C) groups is 1. The zero-order valence-corrected chi connectivity index (χ0v) is 12.9. The van der Waals surface area contributed by atoms with Gasteiger partial charge in [0, 0.05) is 5.56 Å². The van der Waals surface area contributed by atoms with Gasteiger partial charge >= 0.3 is 0 Å². The lowest BCUT2D eigenvalue weighted by Crippen LogP contribution is -2.24. The van der Waals surface area contributed by atoms with E-state index in [0.717, 1.165) is 17.5 Å². The first kappa shape index (κ1) is 14.5. The van der Waals surface area contributed by atoms with Gasteiger partial charge in [-0.2, -0.15) is 0 Å². The Balaban J connectivity index is 1.92. The molecule has 1 heterocycles. The van der Waals surface area contributed by atoms with Gasteiger partial charge in [-0.3, -0.25) is 4.79 Å². The predicted octanol–water partition coefficient (Wildman–Crippen LogP) is 3.82. The zero-order valence-electron chi connectivity index (χ0n) is 12.1. The minimum absolute atomic E-state index is 0.213. The normalized spacial score (nSPS) is 15.8. The highest BCUT2D eigenvalue weighted by Crippen LogP contribution is 2.20. The molecule has 0 aliphatic carbocycles. The van der Waals surface area contributed by atoms with E-state index in [0.29, 0.717) is 16.6 Å². The molecule has 4 heteroatoms. The van der Waals surface area contributed by atoms with Crippen LogP contribution in [0.5, 0.6) is 0 Å². The Hall–Kier alpha value is -2.39. The van der Waals surface area contributed by atoms with Gasteiger partial charge in [-0.05, 0) is 35.8 Å². The predicted molar refractivity (Wildman–Crippen MR) is 89.9 cm³/mol. The van der Waals surface area contributed by atoms with Crippen LogP contribution in [0, 0.1) is 0 Å². The summed E-state index contributed by atoms with van der Waals surface area (Å²) in [6, 6.07) is 15.4. The first-order valence-electron chi connectivity index (χ1n) is 7.13. The van der Waals surface area contributed by atoms with Gasteiger partial charge in [0.2, 0.25) is 0 Å². The Labute approximate surface area is 134 Å². The lowest BCUT2D eigenvalue weighted by atomic mass is 10.1. The van der Waals surface area contributed by atoms with E-state index < -0.39 is 0 Å². The number of nitrogens with one attached hydrogen (secondary N) is 1. The van der Waals surface area contributed by atoms with E-state index in [4.69, 9.17) is 11.6 Å². The Morgan fingerprint density at radius 3 is 2.55 bits per heavy atom. The van der Waals surface area contributed by atoms with Gasteiger partial charge in [0.15, 0.2) is 0 Å². The maximum atomic E-state index is 12.1. The number of hydrogen-bond acceptors (Lipinski definition) is 2. The number of benzene rings is 2. The number of hydrogen-bond donors (Lipinski definition) is 1. The summed E-state index contributed by atoms with van der Waals surface area (Å²) in [5, 5.41) is 3.33. The Morgan fingerprint density at radius 1 is 1.14 bits per heavy atom.